The van der Waals surface area contributed by atoms with Gasteiger partial charge in [0.2, 0.25) is 0 Å². The molecule has 1 amide bonds. The molecule has 0 radical (unpaired) electrons. The van der Waals surface area contributed by atoms with Crippen LogP contribution in [0.4, 0.5) is 13.2 Å². The monoisotopic (exact) mass is 269 g/mol. The van der Waals surface area contributed by atoms with Crippen molar-refractivity contribution >= 4 is 5.91 Å². The summed E-state index contributed by atoms with van der Waals surface area (Å²) in [4.78, 5) is 13.3. The first-order valence-corrected chi connectivity index (χ1v) is 5.91. The predicted molar refractivity (Wildman–Crippen MR) is 57.9 cm³/mol. The molecule has 0 aromatic heterocycles. The van der Waals surface area contributed by atoms with Crippen molar-refractivity contribution in [1.82, 2.24) is 4.90 Å². The molecule has 0 aliphatic carbocycles. The summed E-state index contributed by atoms with van der Waals surface area (Å²) in [6.07, 6.45) is -3.95. The van der Waals surface area contributed by atoms with Crippen molar-refractivity contribution in [3.63, 3.8) is 0 Å². The van der Waals surface area contributed by atoms with Crippen molar-refractivity contribution in [2.24, 2.45) is 5.92 Å². The van der Waals surface area contributed by atoms with Gasteiger partial charge in [-0.1, -0.05) is 0 Å². The summed E-state index contributed by atoms with van der Waals surface area (Å²) in [5.41, 5.74) is 0. The van der Waals surface area contributed by atoms with Gasteiger partial charge in [-0.2, -0.15) is 13.2 Å². The van der Waals surface area contributed by atoms with E-state index in [9.17, 15) is 18.0 Å². The first-order valence-electron chi connectivity index (χ1n) is 5.91. The molecule has 1 fully saturated rings. The van der Waals surface area contributed by atoms with Crippen LogP contribution >= 0.6 is 0 Å². The molecule has 106 valence electrons. The van der Waals surface area contributed by atoms with Gasteiger partial charge in [0, 0.05) is 19.7 Å². The molecule has 1 aliphatic rings. The van der Waals surface area contributed by atoms with Gasteiger partial charge < -0.3 is 14.7 Å². The van der Waals surface area contributed by atoms with E-state index in [0.717, 1.165) is 12.8 Å². The third-order valence-electron chi connectivity index (χ3n) is 2.93. The molecule has 4 nitrogen and oxygen atoms in total. The number of carbonyl (C=O) groups is 1. The summed E-state index contributed by atoms with van der Waals surface area (Å²) >= 11 is 0. The van der Waals surface area contributed by atoms with Crippen LogP contribution < -0.4 is 0 Å². The smallest absolute Gasteiger partial charge is 0.396 e. The third kappa shape index (κ3) is 4.81. The number of amides is 1. The predicted octanol–water partition coefficient (Wildman–Crippen LogP) is 1.18. The Labute approximate surface area is 104 Å². The largest absolute Gasteiger partial charge is 0.411 e. The molecule has 0 aromatic carbocycles. The second kappa shape index (κ2) is 6.38. The minimum absolute atomic E-state index is 0.0116. The molecule has 2 atom stereocenters. The van der Waals surface area contributed by atoms with Crippen molar-refractivity contribution in [1.29, 1.82) is 0 Å². The Morgan fingerprint density at radius 3 is 2.78 bits per heavy atom. The van der Waals surface area contributed by atoms with Crippen LogP contribution in [-0.2, 0) is 9.53 Å². The summed E-state index contributed by atoms with van der Waals surface area (Å²) in [5, 5.41) is 9.02. The Bertz CT molecular complexity index is 283. The Morgan fingerprint density at radius 1 is 1.56 bits per heavy atom. The highest BCUT2D eigenvalue weighted by molar-refractivity contribution is 5.80. The normalized spacial score (nSPS) is 22.9. The molecule has 0 bridgehead atoms. The minimum atomic E-state index is -4.43. The van der Waals surface area contributed by atoms with Crippen LogP contribution in [0, 0.1) is 5.92 Å². The zero-order valence-corrected chi connectivity index (χ0v) is 10.2. The second-order valence-corrected chi connectivity index (χ2v) is 4.54. The van der Waals surface area contributed by atoms with Crippen molar-refractivity contribution < 1.29 is 27.8 Å². The van der Waals surface area contributed by atoms with Gasteiger partial charge in [0.15, 0.2) is 0 Å². The highest BCUT2D eigenvalue weighted by Gasteiger charge is 2.32. The van der Waals surface area contributed by atoms with Crippen molar-refractivity contribution in [3.8, 4) is 0 Å². The van der Waals surface area contributed by atoms with Crippen LogP contribution in [0.3, 0.4) is 0 Å². The van der Waals surface area contributed by atoms with E-state index in [0.29, 0.717) is 13.1 Å². The summed E-state index contributed by atoms with van der Waals surface area (Å²) < 4.78 is 40.4. The molecule has 1 aliphatic heterocycles. The maximum atomic E-state index is 12.0. The number of nitrogens with zero attached hydrogens (tertiary/aromatic N) is 1. The maximum absolute atomic E-state index is 12.0. The van der Waals surface area contributed by atoms with Crippen LogP contribution in [0.25, 0.3) is 0 Å². The van der Waals surface area contributed by atoms with Gasteiger partial charge in [0.1, 0.15) is 12.7 Å². The number of piperidine rings is 1. The van der Waals surface area contributed by atoms with E-state index in [2.05, 4.69) is 4.74 Å². The molecule has 0 spiro atoms. The SMILES string of the molecule is CC(OCC(F)(F)F)C(=O)N1CCCC(CO)C1. The highest BCUT2D eigenvalue weighted by atomic mass is 19.4. The molecule has 1 N–H and O–H groups in total. The number of ether oxygens (including phenoxy) is 1. The molecular formula is C11H18F3NO3. The van der Waals surface area contributed by atoms with E-state index < -0.39 is 24.8 Å². The topological polar surface area (TPSA) is 49.8 Å². The number of carbonyl (C=O) groups excluding carboxylic acids is 1. The standard InChI is InChI=1S/C11H18F3NO3/c1-8(18-7-11(12,13)14)10(17)15-4-2-3-9(5-15)6-16/h8-9,16H,2-7H2,1H3. The number of aliphatic hydroxyl groups is 1. The van der Waals surface area contributed by atoms with Gasteiger partial charge in [0.05, 0.1) is 0 Å². The first-order chi connectivity index (χ1) is 8.33. The van der Waals surface area contributed by atoms with E-state index in [1.54, 1.807) is 0 Å². The van der Waals surface area contributed by atoms with Crippen molar-refractivity contribution in [3.05, 3.63) is 0 Å². The summed E-state index contributed by atoms with van der Waals surface area (Å²) in [6, 6.07) is 0. The average Bonchev–Trinajstić information content (AvgIpc) is 2.34. The first kappa shape index (κ1) is 15.2. The van der Waals surface area contributed by atoms with Crippen molar-refractivity contribution in [2.45, 2.75) is 32.0 Å². The van der Waals surface area contributed by atoms with Gasteiger partial charge in [0.25, 0.3) is 5.91 Å². The fraction of sp³-hybridized carbons (Fsp3) is 0.909. The van der Waals surface area contributed by atoms with Gasteiger partial charge in [-0.25, -0.2) is 0 Å². The lowest BCUT2D eigenvalue weighted by molar-refractivity contribution is -0.189. The third-order valence-corrected chi connectivity index (χ3v) is 2.93. The Hall–Kier alpha value is -0.820. The van der Waals surface area contributed by atoms with Crippen LogP contribution in [0.1, 0.15) is 19.8 Å². The van der Waals surface area contributed by atoms with Crippen LogP contribution in [0.15, 0.2) is 0 Å². The number of alkyl halides is 3. The molecule has 18 heavy (non-hydrogen) atoms. The summed E-state index contributed by atoms with van der Waals surface area (Å²) in [6.45, 7) is 0.777. The lowest BCUT2D eigenvalue weighted by atomic mass is 9.99. The molecule has 1 heterocycles. The van der Waals surface area contributed by atoms with Crippen LogP contribution in [0.5, 0.6) is 0 Å². The van der Waals surface area contributed by atoms with Gasteiger partial charge >= 0.3 is 6.18 Å². The second-order valence-electron chi connectivity index (χ2n) is 4.54. The molecular weight excluding hydrogens is 251 g/mol. The van der Waals surface area contributed by atoms with E-state index in [4.69, 9.17) is 5.11 Å². The van der Waals surface area contributed by atoms with Crippen LogP contribution in [0.2, 0.25) is 0 Å². The zero-order chi connectivity index (χ0) is 13.8. The molecule has 1 saturated heterocycles. The fourth-order valence-electron chi connectivity index (χ4n) is 1.96. The average molecular weight is 269 g/mol. The molecule has 7 heteroatoms. The molecule has 2 unspecified atom stereocenters. The van der Waals surface area contributed by atoms with Crippen LogP contribution in [-0.4, -0.2) is 54.5 Å². The summed E-state index contributed by atoms with van der Waals surface area (Å²) in [5.74, 6) is -0.435. The van der Waals surface area contributed by atoms with Gasteiger partial charge in [-0.05, 0) is 25.7 Å². The number of hydrogen-bond acceptors (Lipinski definition) is 3. The highest BCUT2D eigenvalue weighted by Crippen LogP contribution is 2.19. The lowest BCUT2D eigenvalue weighted by Crippen LogP contribution is -2.46. The Morgan fingerprint density at radius 2 is 2.22 bits per heavy atom. The van der Waals surface area contributed by atoms with E-state index in [1.165, 1.54) is 11.8 Å². The molecule has 0 saturated carbocycles. The number of rotatable bonds is 4. The van der Waals surface area contributed by atoms with E-state index >= 15 is 0 Å². The fourth-order valence-corrected chi connectivity index (χ4v) is 1.96. The lowest BCUT2D eigenvalue weighted by Gasteiger charge is -2.33. The van der Waals surface area contributed by atoms with Gasteiger partial charge in [-0.15, -0.1) is 0 Å². The maximum Gasteiger partial charge on any atom is 0.411 e. The minimum Gasteiger partial charge on any atom is -0.396 e. The number of hydrogen-bond donors (Lipinski definition) is 1. The molecule has 0 aromatic rings. The Kier molecular flexibility index (Phi) is 5.40. The van der Waals surface area contributed by atoms with Gasteiger partial charge in [-0.3, -0.25) is 4.79 Å². The quantitative estimate of drug-likeness (QED) is 0.834. The number of aliphatic hydroxyl groups excluding tert-OH is 1. The van der Waals surface area contributed by atoms with Crippen molar-refractivity contribution in [2.75, 3.05) is 26.3 Å². The Balaban J connectivity index is 2.43. The zero-order valence-electron chi connectivity index (χ0n) is 10.2. The number of likely N-dealkylation sites (tertiary alicyclic amines) is 1. The van der Waals surface area contributed by atoms with E-state index in [-0.39, 0.29) is 12.5 Å². The number of halogens is 3. The summed E-state index contributed by atoms with van der Waals surface area (Å²) in [7, 11) is 0. The molecule has 1 rings (SSSR count). The van der Waals surface area contributed by atoms with E-state index in [1.807, 2.05) is 0 Å².